The molecule has 0 radical (unpaired) electrons. The van der Waals surface area contributed by atoms with Gasteiger partial charge in [0, 0.05) is 23.7 Å². The maximum absolute atomic E-state index is 12.0. The minimum absolute atomic E-state index is 0.0541. The van der Waals surface area contributed by atoms with Gasteiger partial charge in [0.15, 0.2) is 5.11 Å². The van der Waals surface area contributed by atoms with E-state index < -0.39 is 0 Å². The number of nitrogens with zero attached hydrogens (tertiary/aromatic N) is 1. The first-order chi connectivity index (χ1) is 9.69. The number of carbonyl (C=O) groups is 1. The maximum atomic E-state index is 12.0. The highest BCUT2D eigenvalue weighted by molar-refractivity contribution is 7.80. The predicted octanol–water partition coefficient (Wildman–Crippen LogP) is 2.53. The maximum Gasteiger partial charge on any atom is 0.257 e. The number of amides is 1. The molecule has 0 aliphatic carbocycles. The van der Waals surface area contributed by atoms with Crippen LogP contribution in [0.15, 0.2) is 24.3 Å². The molecule has 6 heteroatoms. The molecule has 0 aliphatic rings. The molecular weight excluding hydrogens is 306 g/mol. The Morgan fingerprint density at radius 3 is 2.38 bits per heavy atom. The Balaban J connectivity index is 2.47. The molecule has 0 spiro atoms. The van der Waals surface area contributed by atoms with Gasteiger partial charge in [0.25, 0.3) is 5.91 Å². The number of thiocarbonyl (C=S) groups is 1. The fourth-order valence-corrected chi connectivity index (χ4v) is 2.34. The molecule has 0 unspecified atom stereocenters. The van der Waals surface area contributed by atoms with Crippen LogP contribution >= 0.6 is 23.8 Å². The molecule has 0 aliphatic heterocycles. The summed E-state index contributed by atoms with van der Waals surface area (Å²) in [6.45, 7) is 5.89. The molecule has 1 aromatic rings. The first-order valence-electron chi connectivity index (χ1n) is 6.69. The van der Waals surface area contributed by atoms with Crippen LogP contribution in [-0.2, 0) is 0 Å². The fourth-order valence-electron chi connectivity index (χ4n) is 2.05. The Kier molecular flexibility index (Phi) is 6.58. The second-order valence-corrected chi connectivity index (χ2v) is 6.89. The fraction of sp³-hybridized carbons (Fsp3) is 0.467. The lowest BCUT2D eigenvalue weighted by Crippen LogP contribution is -2.45. The van der Waals surface area contributed by atoms with Crippen molar-refractivity contribution in [2.75, 3.05) is 27.2 Å². The van der Waals surface area contributed by atoms with Crippen molar-refractivity contribution in [1.82, 2.24) is 15.5 Å². The number of nitrogens with one attached hydrogen (secondary N) is 2. The lowest BCUT2D eigenvalue weighted by Gasteiger charge is -2.28. The Labute approximate surface area is 136 Å². The zero-order valence-electron chi connectivity index (χ0n) is 12.9. The van der Waals surface area contributed by atoms with Crippen LogP contribution in [0.5, 0.6) is 0 Å². The molecule has 0 aromatic heterocycles. The molecule has 0 fully saturated rings. The van der Waals surface area contributed by atoms with Crippen LogP contribution in [0.25, 0.3) is 0 Å². The van der Waals surface area contributed by atoms with Gasteiger partial charge < -0.3 is 10.2 Å². The van der Waals surface area contributed by atoms with Crippen molar-refractivity contribution >= 4 is 34.8 Å². The third-order valence-corrected chi connectivity index (χ3v) is 3.30. The monoisotopic (exact) mass is 327 g/mol. The van der Waals surface area contributed by atoms with Gasteiger partial charge in [-0.2, -0.15) is 0 Å². The van der Waals surface area contributed by atoms with Crippen LogP contribution in [0.3, 0.4) is 0 Å². The van der Waals surface area contributed by atoms with Gasteiger partial charge in [-0.25, -0.2) is 0 Å². The third-order valence-electron chi connectivity index (χ3n) is 2.81. The van der Waals surface area contributed by atoms with Crippen LogP contribution in [0.1, 0.15) is 24.2 Å². The molecule has 0 bridgehead atoms. The number of benzene rings is 1. The molecule has 2 N–H and O–H groups in total. The van der Waals surface area contributed by atoms with Crippen LogP contribution in [0.2, 0.25) is 5.02 Å². The summed E-state index contributed by atoms with van der Waals surface area (Å²) in [5, 5.41) is 6.68. The molecule has 1 rings (SSSR count). The average molecular weight is 328 g/mol. The zero-order valence-corrected chi connectivity index (χ0v) is 14.4. The summed E-state index contributed by atoms with van der Waals surface area (Å²) in [6, 6.07) is 6.67. The van der Waals surface area contributed by atoms with Crippen LogP contribution in [0, 0.1) is 5.41 Å². The van der Waals surface area contributed by atoms with Crippen LogP contribution in [0.4, 0.5) is 0 Å². The van der Waals surface area contributed by atoms with Gasteiger partial charge in [0.2, 0.25) is 0 Å². The highest BCUT2D eigenvalue weighted by Gasteiger charge is 2.19. The van der Waals surface area contributed by atoms with E-state index in [0.29, 0.717) is 22.2 Å². The predicted molar refractivity (Wildman–Crippen MR) is 91.9 cm³/mol. The molecule has 21 heavy (non-hydrogen) atoms. The summed E-state index contributed by atoms with van der Waals surface area (Å²) in [6.07, 6.45) is 0. The van der Waals surface area contributed by atoms with Gasteiger partial charge in [-0.15, -0.1) is 0 Å². The number of hydrogen-bond donors (Lipinski definition) is 2. The van der Waals surface area contributed by atoms with Crippen molar-refractivity contribution in [3.63, 3.8) is 0 Å². The van der Waals surface area contributed by atoms with Gasteiger partial charge in [-0.3, -0.25) is 10.1 Å². The first-order valence-corrected chi connectivity index (χ1v) is 7.48. The van der Waals surface area contributed by atoms with Crippen molar-refractivity contribution in [3.8, 4) is 0 Å². The SMILES string of the molecule is CN(C)CC(C)(C)CNC(=S)NC(=O)c1ccc(Cl)cc1. The van der Waals surface area contributed by atoms with Crippen molar-refractivity contribution < 1.29 is 4.79 Å². The Hall–Kier alpha value is -1.17. The van der Waals surface area contributed by atoms with Crippen molar-refractivity contribution in [2.24, 2.45) is 5.41 Å². The molecule has 1 aromatic carbocycles. The smallest absolute Gasteiger partial charge is 0.257 e. The van der Waals surface area contributed by atoms with E-state index in [4.69, 9.17) is 23.8 Å². The van der Waals surface area contributed by atoms with Gasteiger partial charge in [0.1, 0.15) is 0 Å². The number of rotatable bonds is 5. The number of carbonyl (C=O) groups excluding carboxylic acids is 1. The van der Waals surface area contributed by atoms with E-state index in [1.807, 2.05) is 14.1 Å². The highest BCUT2D eigenvalue weighted by atomic mass is 35.5. The summed E-state index contributed by atoms with van der Waals surface area (Å²) < 4.78 is 0. The Bertz CT molecular complexity index is 500. The normalized spacial score (nSPS) is 11.3. The van der Waals surface area contributed by atoms with E-state index in [0.717, 1.165) is 6.54 Å². The minimum Gasteiger partial charge on any atom is -0.362 e. The topological polar surface area (TPSA) is 44.4 Å². The van der Waals surface area contributed by atoms with Gasteiger partial charge in [0.05, 0.1) is 0 Å². The zero-order chi connectivity index (χ0) is 16.0. The summed E-state index contributed by atoms with van der Waals surface area (Å²) in [5.74, 6) is -0.241. The Morgan fingerprint density at radius 1 is 1.29 bits per heavy atom. The van der Waals surface area contributed by atoms with Crippen molar-refractivity contribution in [1.29, 1.82) is 0 Å². The second-order valence-electron chi connectivity index (χ2n) is 6.05. The number of halogens is 1. The first kappa shape index (κ1) is 17.9. The number of hydrogen-bond acceptors (Lipinski definition) is 3. The van der Waals surface area contributed by atoms with E-state index >= 15 is 0 Å². The van der Waals surface area contributed by atoms with Gasteiger partial charge in [-0.05, 0) is 56.0 Å². The molecule has 0 heterocycles. The third kappa shape index (κ3) is 6.89. The molecule has 0 saturated carbocycles. The van der Waals surface area contributed by atoms with Crippen molar-refractivity contribution in [2.45, 2.75) is 13.8 Å². The van der Waals surface area contributed by atoms with Crippen LogP contribution in [-0.4, -0.2) is 43.1 Å². The van der Waals surface area contributed by atoms with E-state index in [-0.39, 0.29) is 11.3 Å². The Morgan fingerprint density at radius 2 is 1.86 bits per heavy atom. The standard InChI is InChI=1S/C15H22ClN3OS/c1-15(2,10-19(3)4)9-17-14(21)18-13(20)11-5-7-12(16)8-6-11/h5-8H,9-10H2,1-4H3,(H2,17,18,20,21). The van der Waals surface area contributed by atoms with Crippen molar-refractivity contribution in [3.05, 3.63) is 34.9 Å². The van der Waals surface area contributed by atoms with E-state index in [1.165, 1.54) is 0 Å². The van der Waals surface area contributed by atoms with E-state index in [2.05, 4.69) is 29.4 Å². The largest absolute Gasteiger partial charge is 0.362 e. The summed E-state index contributed by atoms with van der Waals surface area (Å²) in [7, 11) is 4.06. The van der Waals surface area contributed by atoms with E-state index in [1.54, 1.807) is 24.3 Å². The summed E-state index contributed by atoms with van der Waals surface area (Å²) in [5.41, 5.74) is 0.578. The molecule has 0 saturated heterocycles. The van der Waals surface area contributed by atoms with Crippen LogP contribution < -0.4 is 10.6 Å². The molecule has 116 valence electrons. The van der Waals surface area contributed by atoms with E-state index in [9.17, 15) is 4.79 Å². The lowest BCUT2D eigenvalue weighted by molar-refractivity contribution is 0.0976. The van der Waals surface area contributed by atoms with Gasteiger partial charge in [-0.1, -0.05) is 25.4 Å². The molecular formula is C15H22ClN3OS. The van der Waals surface area contributed by atoms with Gasteiger partial charge >= 0.3 is 0 Å². The highest BCUT2D eigenvalue weighted by Crippen LogP contribution is 2.14. The summed E-state index contributed by atoms with van der Waals surface area (Å²) in [4.78, 5) is 14.1. The minimum atomic E-state index is -0.241. The second kappa shape index (κ2) is 7.73. The molecule has 1 amide bonds. The molecule has 4 nitrogen and oxygen atoms in total. The lowest BCUT2D eigenvalue weighted by atomic mass is 9.93. The average Bonchev–Trinajstić information content (AvgIpc) is 2.36. The quantitative estimate of drug-likeness (QED) is 0.816. The molecule has 0 atom stereocenters. The summed E-state index contributed by atoms with van der Waals surface area (Å²) >= 11 is 10.9.